The molecule has 1 aliphatic heterocycles. The van der Waals surface area contributed by atoms with Gasteiger partial charge in [-0.1, -0.05) is 0 Å². The van der Waals surface area contributed by atoms with Gasteiger partial charge in [0.2, 0.25) is 0 Å². The standard InChI is InChI=1S/C11H13BrFNO/c12-10-6-8(13)3-4-11(10)15-9-2-1-5-14-7-9/h3-4,6,9,14H,1-2,5,7H2/t9-/m1/s1. The molecule has 0 amide bonds. The molecule has 1 aromatic carbocycles. The van der Waals surface area contributed by atoms with E-state index in [1.807, 2.05) is 0 Å². The highest BCUT2D eigenvalue weighted by Gasteiger charge is 2.15. The highest BCUT2D eigenvalue weighted by atomic mass is 79.9. The Hall–Kier alpha value is -0.610. The molecule has 0 bridgehead atoms. The molecule has 2 nitrogen and oxygen atoms in total. The molecule has 1 aliphatic rings. The molecule has 1 atom stereocenters. The number of rotatable bonds is 2. The molecule has 0 aliphatic carbocycles. The first-order valence-corrected chi connectivity index (χ1v) is 5.87. The number of hydrogen-bond donors (Lipinski definition) is 1. The van der Waals surface area contributed by atoms with Crippen molar-refractivity contribution in [1.82, 2.24) is 5.32 Å². The molecule has 82 valence electrons. The summed E-state index contributed by atoms with van der Waals surface area (Å²) in [7, 11) is 0. The molecule has 1 aromatic rings. The molecule has 4 heteroatoms. The van der Waals surface area contributed by atoms with E-state index in [4.69, 9.17) is 4.74 Å². The van der Waals surface area contributed by atoms with Crippen LogP contribution in [0.1, 0.15) is 12.8 Å². The maximum Gasteiger partial charge on any atom is 0.134 e. The number of nitrogens with one attached hydrogen (secondary N) is 1. The summed E-state index contributed by atoms with van der Waals surface area (Å²) in [6.45, 7) is 1.92. The third kappa shape index (κ3) is 2.92. The summed E-state index contributed by atoms with van der Waals surface area (Å²) in [4.78, 5) is 0. The lowest BCUT2D eigenvalue weighted by Gasteiger charge is -2.24. The van der Waals surface area contributed by atoms with E-state index in [2.05, 4.69) is 21.2 Å². The molecule has 1 heterocycles. The number of halogens is 2. The molecule has 0 aromatic heterocycles. The van der Waals surface area contributed by atoms with Gasteiger partial charge in [0, 0.05) is 6.54 Å². The van der Waals surface area contributed by atoms with Crippen molar-refractivity contribution in [1.29, 1.82) is 0 Å². The first kappa shape index (κ1) is 10.9. The van der Waals surface area contributed by atoms with Gasteiger partial charge in [-0.3, -0.25) is 0 Å². The van der Waals surface area contributed by atoms with E-state index in [0.717, 1.165) is 25.9 Å². The number of ether oxygens (including phenoxy) is 1. The largest absolute Gasteiger partial charge is 0.488 e. The van der Waals surface area contributed by atoms with E-state index in [-0.39, 0.29) is 11.9 Å². The van der Waals surface area contributed by atoms with E-state index in [0.29, 0.717) is 10.2 Å². The molecule has 0 unspecified atom stereocenters. The van der Waals surface area contributed by atoms with Crippen LogP contribution >= 0.6 is 15.9 Å². The molecular weight excluding hydrogens is 261 g/mol. The van der Waals surface area contributed by atoms with Gasteiger partial charge < -0.3 is 10.1 Å². The average molecular weight is 274 g/mol. The van der Waals surface area contributed by atoms with Crippen LogP contribution in [0.2, 0.25) is 0 Å². The van der Waals surface area contributed by atoms with Crippen molar-refractivity contribution in [3.8, 4) is 5.75 Å². The van der Waals surface area contributed by atoms with E-state index in [9.17, 15) is 4.39 Å². The molecule has 1 fully saturated rings. The Morgan fingerprint density at radius 2 is 2.33 bits per heavy atom. The van der Waals surface area contributed by atoms with Crippen molar-refractivity contribution in [3.63, 3.8) is 0 Å². The van der Waals surface area contributed by atoms with Crippen molar-refractivity contribution < 1.29 is 9.13 Å². The maximum atomic E-state index is 12.8. The van der Waals surface area contributed by atoms with Crippen LogP contribution in [0, 0.1) is 5.82 Å². The fraction of sp³-hybridized carbons (Fsp3) is 0.455. The Labute approximate surface area is 96.9 Å². The average Bonchev–Trinajstić information content (AvgIpc) is 2.24. The summed E-state index contributed by atoms with van der Waals surface area (Å²) in [5, 5.41) is 3.27. The van der Waals surface area contributed by atoms with Gasteiger partial charge in [-0.15, -0.1) is 0 Å². The van der Waals surface area contributed by atoms with Crippen molar-refractivity contribution >= 4 is 15.9 Å². The van der Waals surface area contributed by atoms with E-state index in [1.165, 1.54) is 12.1 Å². The fourth-order valence-electron chi connectivity index (χ4n) is 1.67. The Balaban J connectivity index is 2.03. The second kappa shape index (κ2) is 4.94. The van der Waals surface area contributed by atoms with Gasteiger partial charge >= 0.3 is 0 Å². The molecule has 1 saturated heterocycles. The molecule has 0 spiro atoms. The van der Waals surface area contributed by atoms with Crippen LogP contribution in [0.3, 0.4) is 0 Å². The topological polar surface area (TPSA) is 21.3 Å². The first-order chi connectivity index (χ1) is 7.25. The predicted octanol–water partition coefficient (Wildman–Crippen LogP) is 2.72. The van der Waals surface area contributed by atoms with Gasteiger partial charge in [-0.2, -0.15) is 0 Å². The van der Waals surface area contributed by atoms with Gasteiger partial charge in [0.1, 0.15) is 17.7 Å². The second-order valence-corrected chi connectivity index (χ2v) is 4.52. The van der Waals surface area contributed by atoms with Gasteiger partial charge in [-0.05, 0) is 53.5 Å². The molecule has 15 heavy (non-hydrogen) atoms. The Bertz CT molecular complexity index is 339. The van der Waals surface area contributed by atoms with Crippen LogP contribution in [0.5, 0.6) is 5.75 Å². The van der Waals surface area contributed by atoms with Gasteiger partial charge in [0.05, 0.1) is 4.47 Å². The smallest absolute Gasteiger partial charge is 0.134 e. The minimum Gasteiger partial charge on any atom is -0.488 e. The predicted molar refractivity (Wildman–Crippen MR) is 60.6 cm³/mol. The zero-order valence-corrected chi connectivity index (χ0v) is 9.89. The van der Waals surface area contributed by atoms with Crippen LogP contribution < -0.4 is 10.1 Å². The third-order valence-corrected chi connectivity index (χ3v) is 3.06. The summed E-state index contributed by atoms with van der Waals surface area (Å²) in [5.74, 6) is 0.459. The van der Waals surface area contributed by atoms with Crippen LogP contribution in [-0.2, 0) is 0 Å². The summed E-state index contributed by atoms with van der Waals surface area (Å²) >= 11 is 3.29. The Kier molecular flexibility index (Phi) is 3.59. The lowest BCUT2D eigenvalue weighted by molar-refractivity contribution is 0.166. The molecule has 0 saturated carbocycles. The van der Waals surface area contributed by atoms with Crippen LogP contribution in [0.15, 0.2) is 22.7 Å². The van der Waals surface area contributed by atoms with Gasteiger partial charge in [0.25, 0.3) is 0 Å². The van der Waals surface area contributed by atoms with Crippen molar-refractivity contribution in [2.45, 2.75) is 18.9 Å². The SMILES string of the molecule is Fc1ccc(O[C@@H]2CCCNC2)c(Br)c1. The summed E-state index contributed by atoms with van der Waals surface area (Å²) < 4.78 is 19.3. The van der Waals surface area contributed by atoms with Crippen LogP contribution in [0.4, 0.5) is 4.39 Å². The van der Waals surface area contributed by atoms with Gasteiger partial charge in [-0.25, -0.2) is 4.39 Å². The Morgan fingerprint density at radius 3 is 3.00 bits per heavy atom. The van der Waals surface area contributed by atoms with Crippen LogP contribution in [-0.4, -0.2) is 19.2 Å². The number of benzene rings is 1. The number of piperidine rings is 1. The lowest BCUT2D eigenvalue weighted by atomic mass is 10.1. The molecule has 0 radical (unpaired) electrons. The lowest BCUT2D eigenvalue weighted by Crippen LogP contribution is -2.37. The molecular formula is C11H13BrFNO. The summed E-state index contributed by atoms with van der Waals surface area (Å²) in [5.41, 5.74) is 0. The van der Waals surface area contributed by atoms with E-state index in [1.54, 1.807) is 6.07 Å². The minimum atomic E-state index is -0.254. The summed E-state index contributed by atoms with van der Waals surface area (Å²) in [6, 6.07) is 4.50. The zero-order valence-electron chi connectivity index (χ0n) is 8.30. The highest BCUT2D eigenvalue weighted by molar-refractivity contribution is 9.10. The Morgan fingerprint density at radius 1 is 1.47 bits per heavy atom. The normalized spacial score (nSPS) is 21.3. The van der Waals surface area contributed by atoms with E-state index < -0.39 is 0 Å². The monoisotopic (exact) mass is 273 g/mol. The van der Waals surface area contributed by atoms with Crippen molar-refractivity contribution in [2.75, 3.05) is 13.1 Å². The highest BCUT2D eigenvalue weighted by Crippen LogP contribution is 2.27. The van der Waals surface area contributed by atoms with Crippen molar-refractivity contribution in [3.05, 3.63) is 28.5 Å². The third-order valence-electron chi connectivity index (χ3n) is 2.44. The number of hydrogen-bond acceptors (Lipinski definition) is 2. The molecule has 1 N–H and O–H groups in total. The van der Waals surface area contributed by atoms with Crippen LogP contribution in [0.25, 0.3) is 0 Å². The van der Waals surface area contributed by atoms with Crippen molar-refractivity contribution in [2.24, 2.45) is 0 Å². The van der Waals surface area contributed by atoms with E-state index >= 15 is 0 Å². The minimum absolute atomic E-state index is 0.195. The zero-order chi connectivity index (χ0) is 10.7. The fourth-order valence-corrected chi connectivity index (χ4v) is 2.12. The molecule has 2 rings (SSSR count). The second-order valence-electron chi connectivity index (χ2n) is 3.66. The summed E-state index contributed by atoms with van der Waals surface area (Å²) in [6.07, 6.45) is 2.38. The van der Waals surface area contributed by atoms with Gasteiger partial charge in [0.15, 0.2) is 0 Å². The maximum absolute atomic E-state index is 12.8. The quantitative estimate of drug-likeness (QED) is 0.895. The first-order valence-electron chi connectivity index (χ1n) is 5.08.